The zero-order valence-electron chi connectivity index (χ0n) is 21.8. The van der Waals surface area contributed by atoms with Crippen LogP contribution < -0.4 is 0 Å². The van der Waals surface area contributed by atoms with Gasteiger partial charge in [-0.2, -0.15) is 0 Å². The van der Waals surface area contributed by atoms with Gasteiger partial charge in [-0.15, -0.1) is 0 Å². The quantitative estimate of drug-likeness (QED) is 0.352. The van der Waals surface area contributed by atoms with Crippen LogP contribution in [0.3, 0.4) is 0 Å². The number of piperidine rings is 1. The summed E-state index contributed by atoms with van der Waals surface area (Å²) in [5, 5.41) is 14.1. The summed E-state index contributed by atoms with van der Waals surface area (Å²) in [6.45, 7) is 7.65. The van der Waals surface area contributed by atoms with E-state index in [0.717, 1.165) is 43.6 Å². The Balaban J connectivity index is 1.31. The number of hydrogen-bond acceptors (Lipinski definition) is 7. The fourth-order valence-corrected chi connectivity index (χ4v) is 5.09. The number of rotatable bonds is 7. The summed E-state index contributed by atoms with van der Waals surface area (Å²) in [5.41, 5.74) is 3.13. The predicted molar refractivity (Wildman–Crippen MR) is 138 cm³/mol. The Morgan fingerprint density at radius 2 is 1.95 bits per heavy atom. The number of halogens is 2. The van der Waals surface area contributed by atoms with Crippen LogP contribution in [0.2, 0.25) is 0 Å². The lowest BCUT2D eigenvalue weighted by molar-refractivity contribution is -0.0838. The third kappa shape index (κ3) is 5.45. The molecule has 0 bridgehead atoms. The molecule has 0 amide bonds. The van der Waals surface area contributed by atoms with E-state index >= 15 is 0 Å². The topological polar surface area (TPSA) is 80.1 Å². The molecule has 2 aliphatic rings. The molecule has 0 unspecified atom stereocenters. The van der Waals surface area contributed by atoms with Gasteiger partial charge in [0, 0.05) is 48.8 Å². The molecule has 2 aromatic heterocycles. The van der Waals surface area contributed by atoms with E-state index in [1.165, 1.54) is 17.2 Å². The van der Waals surface area contributed by atoms with Crippen molar-refractivity contribution in [3.05, 3.63) is 94.6 Å². The molecule has 3 aromatic rings. The van der Waals surface area contributed by atoms with Crippen LogP contribution in [-0.4, -0.2) is 51.0 Å². The minimum Gasteiger partial charge on any atom is -0.392 e. The average Bonchev–Trinajstić information content (AvgIpc) is 3.26. The first-order valence-electron chi connectivity index (χ1n) is 12.8. The minimum atomic E-state index is -1.11. The molecule has 5 rings (SSSR count). The minimum absolute atomic E-state index is 0.0734. The van der Waals surface area contributed by atoms with Crippen LogP contribution in [-0.2, 0) is 21.8 Å². The van der Waals surface area contributed by atoms with Crippen molar-refractivity contribution in [3.63, 3.8) is 0 Å². The number of aromatic nitrogens is 2. The Morgan fingerprint density at radius 1 is 1.16 bits per heavy atom. The highest BCUT2D eigenvalue weighted by atomic mass is 19.2. The van der Waals surface area contributed by atoms with Crippen molar-refractivity contribution in [2.24, 2.45) is 5.16 Å². The number of benzene rings is 1. The summed E-state index contributed by atoms with van der Waals surface area (Å²) in [5.74, 6) is -1.94. The van der Waals surface area contributed by atoms with Gasteiger partial charge in [0.2, 0.25) is 0 Å². The maximum atomic E-state index is 14.0. The lowest BCUT2D eigenvalue weighted by Gasteiger charge is -2.41. The monoisotopic (exact) mass is 522 g/mol. The highest BCUT2D eigenvalue weighted by Crippen LogP contribution is 2.44. The number of ether oxygens (including phenoxy) is 1. The van der Waals surface area contributed by atoms with Gasteiger partial charge in [0.15, 0.2) is 11.6 Å². The molecule has 1 saturated heterocycles. The Bertz CT molecular complexity index is 1320. The van der Waals surface area contributed by atoms with Crippen molar-refractivity contribution < 1.29 is 23.5 Å². The maximum absolute atomic E-state index is 14.0. The number of fused-ring (bicyclic) bond motifs is 2. The Labute approximate surface area is 221 Å². The van der Waals surface area contributed by atoms with Gasteiger partial charge in [-0.1, -0.05) is 11.2 Å². The van der Waals surface area contributed by atoms with Crippen molar-refractivity contribution >= 4 is 5.71 Å². The van der Waals surface area contributed by atoms with Gasteiger partial charge < -0.3 is 14.7 Å². The number of oxime groups is 1. The highest BCUT2D eigenvalue weighted by Gasteiger charge is 2.43. The molecule has 0 radical (unpaired) electrons. The van der Waals surface area contributed by atoms with Crippen LogP contribution in [0.1, 0.15) is 67.6 Å². The van der Waals surface area contributed by atoms with Gasteiger partial charge in [-0.05, 0) is 75.1 Å². The fourth-order valence-electron chi connectivity index (χ4n) is 5.09. The van der Waals surface area contributed by atoms with Crippen LogP contribution in [0.25, 0.3) is 0 Å². The maximum Gasteiger partial charge on any atom is 0.159 e. The molecule has 2 aliphatic heterocycles. The second-order valence-corrected chi connectivity index (χ2v) is 10.7. The Kier molecular flexibility index (Phi) is 7.26. The molecule has 1 N–H and O–H groups in total. The summed E-state index contributed by atoms with van der Waals surface area (Å²) in [4.78, 5) is 16.7. The Morgan fingerprint density at radius 3 is 2.63 bits per heavy atom. The second kappa shape index (κ2) is 10.5. The van der Waals surface area contributed by atoms with Crippen molar-refractivity contribution in [2.45, 2.75) is 57.5 Å². The smallest absolute Gasteiger partial charge is 0.159 e. The van der Waals surface area contributed by atoms with Gasteiger partial charge in [-0.25, -0.2) is 8.78 Å². The van der Waals surface area contributed by atoms with Gasteiger partial charge >= 0.3 is 0 Å². The number of nitrogens with zero attached hydrogens (tertiary/aromatic N) is 4. The first kappa shape index (κ1) is 26.3. The van der Waals surface area contributed by atoms with Gasteiger partial charge in [-0.3, -0.25) is 14.9 Å². The van der Waals surface area contributed by atoms with E-state index in [1.807, 2.05) is 24.5 Å². The second-order valence-electron chi connectivity index (χ2n) is 10.7. The summed E-state index contributed by atoms with van der Waals surface area (Å²) in [7, 11) is 0. The van der Waals surface area contributed by atoms with E-state index in [-0.39, 0.29) is 24.0 Å². The summed E-state index contributed by atoms with van der Waals surface area (Å²) >= 11 is 0. The molecule has 0 saturated carbocycles. The largest absolute Gasteiger partial charge is 0.392 e. The lowest BCUT2D eigenvalue weighted by atomic mass is 9.84. The van der Waals surface area contributed by atoms with E-state index < -0.39 is 17.2 Å². The van der Waals surface area contributed by atoms with E-state index in [1.54, 1.807) is 26.1 Å². The van der Waals surface area contributed by atoms with Crippen LogP contribution in [0, 0.1) is 11.6 Å². The number of hydrogen-bond donors (Lipinski definition) is 1. The number of likely N-dealkylation sites (tertiary alicyclic amines) is 1. The molecule has 1 atom stereocenters. The van der Waals surface area contributed by atoms with E-state index in [0.29, 0.717) is 17.9 Å². The number of pyridine rings is 2. The molecule has 7 nitrogen and oxygen atoms in total. The molecule has 38 heavy (non-hydrogen) atoms. The standard InChI is InChI=1S/C29H32F2N4O3/c1-19(35-12-9-29(10-13-35)23-16-32-11-8-22(23)17-37-29)21-5-7-26(33-15-21)27(34-38-18-28(2,3)36)20-4-6-24(30)25(31)14-20/h4-8,11,14-16,19,36H,9-10,12-13,17-18H2,1-3H3/t19-/m1/s1. The molecule has 200 valence electrons. The van der Waals surface area contributed by atoms with Crippen molar-refractivity contribution in [1.82, 2.24) is 14.9 Å². The zero-order chi connectivity index (χ0) is 26.9. The van der Waals surface area contributed by atoms with Crippen LogP contribution in [0.5, 0.6) is 0 Å². The van der Waals surface area contributed by atoms with Crippen LogP contribution >= 0.6 is 0 Å². The van der Waals surface area contributed by atoms with Crippen molar-refractivity contribution in [3.8, 4) is 0 Å². The molecule has 4 heterocycles. The molecular formula is C29H32F2N4O3. The molecule has 1 spiro atoms. The van der Waals surface area contributed by atoms with E-state index in [2.05, 4.69) is 26.9 Å². The predicted octanol–water partition coefficient (Wildman–Crippen LogP) is 4.88. The molecule has 9 heteroatoms. The summed E-state index contributed by atoms with van der Waals surface area (Å²) in [6.07, 6.45) is 7.33. The third-order valence-electron chi connectivity index (χ3n) is 7.34. The fraction of sp³-hybridized carbons (Fsp3) is 0.414. The van der Waals surface area contributed by atoms with E-state index in [4.69, 9.17) is 9.57 Å². The van der Waals surface area contributed by atoms with Gasteiger partial charge in [0.1, 0.15) is 12.3 Å². The third-order valence-corrected chi connectivity index (χ3v) is 7.34. The molecular weight excluding hydrogens is 490 g/mol. The van der Waals surface area contributed by atoms with Crippen molar-refractivity contribution in [2.75, 3.05) is 19.7 Å². The lowest BCUT2D eigenvalue weighted by Crippen LogP contribution is -2.43. The first-order valence-corrected chi connectivity index (χ1v) is 12.8. The van der Waals surface area contributed by atoms with Crippen LogP contribution in [0.15, 0.2) is 60.1 Å². The van der Waals surface area contributed by atoms with Gasteiger partial charge in [0.25, 0.3) is 0 Å². The SMILES string of the molecule is C[C@H](c1ccc(C(=NOCC(C)(C)O)c2ccc(F)c(F)c2)nc1)N1CCC2(CC1)OCc1ccncc12. The van der Waals surface area contributed by atoms with E-state index in [9.17, 15) is 13.9 Å². The zero-order valence-corrected chi connectivity index (χ0v) is 21.8. The van der Waals surface area contributed by atoms with Gasteiger partial charge in [0.05, 0.1) is 23.5 Å². The first-order chi connectivity index (χ1) is 18.2. The molecule has 1 aromatic carbocycles. The van der Waals surface area contributed by atoms with Crippen molar-refractivity contribution in [1.29, 1.82) is 0 Å². The van der Waals surface area contributed by atoms with Crippen LogP contribution in [0.4, 0.5) is 8.78 Å². The summed E-state index contributed by atoms with van der Waals surface area (Å²) in [6, 6.07) is 9.45. The normalized spacial score (nSPS) is 18.4. The average molecular weight is 523 g/mol. The molecule has 0 aliphatic carbocycles. The summed E-state index contributed by atoms with van der Waals surface area (Å²) < 4.78 is 33.8. The molecule has 1 fully saturated rings. The number of aliphatic hydroxyl groups is 1. The Hall–Kier alpha value is -3.27. The highest BCUT2D eigenvalue weighted by molar-refractivity contribution is 6.11.